The van der Waals surface area contributed by atoms with Crippen molar-refractivity contribution in [3.8, 4) is 34.3 Å². The molecule has 2 aromatic carbocycles. The van der Waals surface area contributed by atoms with E-state index in [9.17, 15) is 9.90 Å². The van der Waals surface area contributed by atoms with Gasteiger partial charge in [-0.1, -0.05) is 0 Å². The van der Waals surface area contributed by atoms with Crippen LogP contribution in [0.25, 0.3) is 11.3 Å². The largest absolute Gasteiger partial charge is 0.497 e. The summed E-state index contributed by atoms with van der Waals surface area (Å²) in [5.74, 6) is 1.70. The second-order valence-corrected chi connectivity index (χ2v) is 7.70. The molecule has 0 fully saturated rings. The molecule has 0 saturated heterocycles. The van der Waals surface area contributed by atoms with E-state index in [0.717, 1.165) is 11.1 Å². The highest BCUT2D eigenvalue weighted by molar-refractivity contribution is 5.89. The molecule has 174 valence electrons. The van der Waals surface area contributed by atoms with Gasteiger partial charge in [-0.3, -0.25) is 4.98 Å². The Labute approximate surface area is 193 Å². The zero-order chi connectivity index (χ0) is 24.0. The van der Waals surface area contributed by atoms with Crippen molar-refractivity contribution in [1.29, 1.82) is 0 Å². The Bertz CT molecular complexity index is 1130. The average Bonchev–Trinajstić information content (AvgIpc) is 2.81. The molecule has 33 heavy (non-hydrogen) atoms. The number of benzene rings is 2. The number of nitrogens with zero attached hydrogens (tertiary/aromatic N) is 1. The molecule has 7 nitrogen and oxygen atoms in total. The number of carbonyl (C=O) groups is 1. The molecule has 0 unspecified atom stereocenters. The van der Waals surface area contributed by atoms with Gasteiger partial charge in [0.05, 0.1) is 44.4 Å². The van der Waals surface area contributed by atoms with Crippen molar-refractivity contribution >= 4 is 5.97 Å². The first kappa shape index (κ1) is 23.9. The van der Waals surface area contributed by atoms with Crippen LogP contribution in [0, 0.1) is 0 Å². The van der Waals surface area contributed by atoms with Gasteiger partial charge < -0.3 is 24.1 Å². The first-order chi connectivity index (χ1) is 15.9. The van der Waals surface area contributed by atoms with Gasteiger partial charge in [-0.25, -0.2) is 4.79 Å². The molecule has 1 heterocycles. The number of pyridine rings is 1. The van der Waals surface area contributed by atoms with Crippen molar-refractivity contribution in [3.63, 3.8) is 0 Å². The van der Waals surface area contributed by atoms with Gasteiger partial charge in [-0.15, -0.1) is 0 Å². The smallest absolute Gasteiger partial charge is 0.337 e. The van der Waals surface area contributed by atoms with Crippen LogP contribution in [0.15, 0.2) is 48.5 Å². The van der Waals surface area contributed by atoms with E-state index >= 15 is 0 Å². The zero-order valence-corrected chi connectivity index (χ0v) is 19.5. The lowest BCUT2D eigenvalue weighted by atomic mass is 10.0. The fourth-order valence-electron chi connectivity index (χ4n) is 3.56. The van der Waals surface area contributed by atoms with Gasteiger partial charge in [0.25, 0.3) is 0 Å². The van der Waals surface area contributed by atoms with Gasteiger partial charge in [0.1, 0.15) is 23.0 Å². The molecule has 3 rings (SSSR count). The number of ether oxygens (including phenoxy) is 4. The van der Waals surface area contributed by atoms with Gasteiger partial charge in [0.2, 0.25) is 0 Å². The molecule has 1 aromatic heterocycles. The Morgan fingerprint density at radius 3 is 2.21 bits per heavy atom. The van der Waals surface area contributed by atoms with Gasteiger partial charge in [-0.05, 0) is 74.7 Å². The summed E-state index contributed by atoms with van der Waals surface area (Å²) in [6.45, 7) is 3.88. The second kappa shape index (κ2) is 10.7. The molecular weight excluding hydrogens is 422 g/mol. The maximum Gasteiger partial charge on any atom is 0.337 e. The highest BCUT2D eigenvalue weighted by atomic mass is 16.5. The number of rotatable bonds is 10. The number of carboxylic acids is 1. The van der Waals surface area contributed by atoms with E-state index in [0.29, 0.717) is 47.2 Å². The Morgan fingerprint density at radius 1 is 0.879 bits per heavy atom. The Morgan fingerprint density at radius 2 is 1.58 bits per heavy atom. The molecule has 7 heteroatoms. The molecule has 3 aromatic rings. The number of aromatic carboxylic acids is 1. The Balaban J connectivity index is 2.00. The number of methoxy groups -OCH3 is 3. The molecule has 0 aliphatic rings. The van der Waals surface area contributed by atoms with Crippen LogP contribution < -0.4 is 18.9 Å². The standard InChI is InChI=1S/C26H29NO6/c1-16(2)33-25-15-19(31-4)7-9-20(25)22-12-10-21(26(28)29)23(27-22)11-6-17-14-18(30-3)8-13-24(17)32-5/h7-10,12-16H,6,11H2,1-5H3,(H,28,29). The number of hydrogen-bond donors (Lipinski definition) is 1. The van der Waals surface area contributed by atoms with Crippen molar-refractivity contribution in [2.45, 2.75) is 32.8 Å². The van der Waals surface area contributed by atoms with Crippen LogP contribution in [0.5, 0.6) is 23.0 Å². The van der Waals surface area contributed by atoms with E-state index in [2.05, 4.69) is 0 Å². The minimum Gasteiger partial charge on any atom is -0.497 e. The zero-order valence-electron chi connectivity index (χ0n) is 19.5. The van der Waals surface area contributed by atoms with E-state index in [1.54, 1.807) is 33.5 Å². The van der Waals surface area contributed by atoms with Gasteiger partial charge >= 0.3 is 5.97 Å². The van der Waals surface area contributed by atoms with E-state index in [4.69, 9.17) is 23.9 Å². The fourth-order valence-corrected chi connectivity index (χ4v) is 3.56. The van der Waals surface area contributed by atoms with E-state index < -0.39 is 5.97 Å². The normalized spacial score (nSPS) is 10.7. The molecule has 0 aliphatic carbocycles. The van der Waals surface area contributed by atoms with E-state index in [-0.39, 0.29) is 11.7 Å². The van der Waals surface area contributed by atoms with Crippen LogP contribution in [0.3, 0.4) is 0 Å². The van der Waals surface area contributed by atoms with Crippen molar-refractivity contribution < 1.29 is 28.8 Å². The first-order valence-electron chi connectivity index (χ1n) is 10.7. The van der Waals surface area contributed by atoms with Gasteiger partial charge in [0, 0.05) is 11.6 Å². The maximum absolute atomic E-state index is 11.9. The van der Waals surface area contributed by atoms with Crippen LogP contribution in [0.4, 0.5) is 0 Å². The quantitative estimate of drug-likeness (QED) is 0.462. The molecule has 0 saturated carbocycles. The van der Waals surface area contributed by atoms with Crippen molar-refractivity contribution in [2.75, 3.05) is 21.3 Å². The van der Waals surface area contributed by atoms with E-state index in [1.165, 1.54) is 0 Å². The molecule has 0 aliphatic heterocycles. The van der Waals surface area contributed by atoms with Crippen LogP contribution >= 0.6 is 0 Å². The highest BCUT2D eigenvalue weighted by Gasteiger charge is 2.17. The SMILES string of the molecule is COc1ccc(OC)c(CCc2nc(-c3ccc(OC)cc3OC(C)C)ccc2C(=O)O)c1. The number of aryl methyl sites for hydroxylation is 2. The van der Waals surface area contributed by atoms with Gasteiger partial charge in [0.15, 0.2) is 0 Å². The van der Waals surface area contributed by atoms with Crippen molar-refractivity contribution in [1.82, 2.24) is 4.98 Å². The lowest BCUT2D eigenvalue weighted by molar-refractivity contribution is 0.0695. The van der Waals surface area contributed by atoms with Crippen LogP contribution in [-0.2, 0) is 12.8 Å². The molecule has 0 spiro atoms. The summed E-state index contributed by atoms with van der Waals surface area (Å²) >= 11 is 0. The third kappa shape index (κ3) is 5.74. The van der Waals surface area contributed by atoms with Crippen LogP contribution in [0.2, 0.25) is 0 Å². The lowest BCUT2D eigenvalue weighted by Gasteiger charge is -2.16. The molecule has 0 atom stereocenters. The third-order valence-corrected chi connectivity index (χ3v) is 5.15. The molecule has 0 radical (unpaired) electrons. The highest BCUT2D eigenvalue weighted by Crippen LogP contribution is 2.34. The summed E-state index contributed by atoms with van der Waals surface area (Å²) in [6, 6.07) is 14.3. The summed E-state index contributed by atoms with van der Waals surface area (Å²) < 4.78 is 22.1. The van der Waals surface area contributed by atoms with Crippen molar-refractivity contribution in [3.05, 3.63) is 65.4 Å². The minimum absolute atomic E-state index is 0.0471. The first-order valence-corrected chi connectivity index (χ1v) is 10.7. The fraction of sp³-hybridized carbons (Fsp3) is 0.308. The predicted octanol–water partition coefficient (Wildman–Crippen LogP) is 5.05. The maximum atomic E-state index is 11.9. The molecular formula is C26H29NO6. The van der Waals surface area contributed by atoms with Crippen LogP contribution in [0.1, 0.15) is 35.5 Å². The monoisotopic (exact) mass is 451 g/mol. The van der Waals surface area contributed by atoms with Crippen LogP contribution in [-0.4, -0.2) is 43.5 Å². The summed E-state index contributed by atoms with van der Waals surface area (Å²) in [6.07, 6.45) is 0.902. The second-order valence-electron chi connectivity index (χ2n) is 7.70. The summed E-state index contributed by atoms with van der Waals surface area (Å²) in [5.41, 5.74) is 2.96. The minimum atomic E-state index is -1.02. The summed E-state index contributed by atoms with van der Waals surface area (Å²) in [5, 5.41) is 9.72. The predicted molar refractivity (Wildman–Crippen MR) is 126 cm³/mol. The van der Waals surface area contributed by atoms with E-state index in [1.807, 2.05) is 50.2 Å². The lowest BCUT2D eigenvalue weighted by Crippen LogP contribution is -2.09. The Hall–Kier alpha value is -3.74. The van der Waals surface area contributed by atoms with Gasteiger partial charge in [-0.2, -0.15) is 0 Å². The topological polar surface area (TPSA) is 87.1 Å². The molecule has 0 amide bonds. The molecule has 1 N–H and O–H groups in total. The average molecular weight is 452 g/mol. The summed E-state index contributed by atoms with van der Waals surface area (Å²) in [4.78, 5) is 16.6. The summed E-state index contributed by atoms with van der Waals surface area (Å²) in [7, 11) is 4.80. The Kier molecular flexibility index (Phi) is 7.77. The third-order valence-electron chi connectivity index (χ3n) is 5.15. The van der Waals surface area contributed by atoms with Crippen molar-refractivity contribution in [2.24, 2.45) is 0 Å². The number of hydrogen-bond acceptors (Lipinski definition) is 6. The number of carboxylic acid groups (broad SMARTS) is 1. The molecule has 0 bridgehead atoms. The number of aromatic nitrogens is 1.